The summed E-state index contributed by atoms with van der Waals surface area (Å²) in [4.78, 5) is 9.12. The predicted molar refractivity (Wildman–Crippen MR) is 160 cm³/mol. The lowest BCUT2D eigenvalue weighted by molar-refractivity contribution is -0.141. The number of nitrogen functional groups attached to an aromatic ring is 1. The maximum absolute atomic E-state index is 10.2. The molecule has 0 bridgehead atoms. The van der Waals surface area contributed by atoms with Gasteiger partial charge in [0.15, 0.2) is 5.79 Å². The second-order valence-electron chi connectivity index (χ2n) is 9.97. The van der Waals surface area contributed by atoms with Crippen LogP contribution in [0, 0.1) is 22.7 Å². The summed E-state index contributed by atoms with van der Waals surface area (Å²) in [6.45, 7) is 6.50. The highest BCUT2D eigenvalue weighted by Crippen LogP contribution is 2.38. The van der Waals surface area contributed by atoms with E-state index in [0.29, 0.717) is 58.2 Å². The summed E-state index contributed by atoms with van der Waals surface area (Å²) in [6.07, 6.45) is 0.469. The lowest BCUT2D eigenvalue weighted by Gasteiger charge is -2.17. The summed E-state index contributed by atoms with van der Waals surface area (Å²) in [5.41, 5.74) is 9.26. The summed E-state index contributed by atoms with van der Waals surface area (Å²) >= 11 is 7.34. The third-order valence-corrected chi connectivity index (χ3v) is 7.84. The number of pyridine rings is 1. The topological polar surface area (TPSA) is 140 Å². The van der Waals surface area contributed by atoms with Crippen LogP contribution in [0.4, 0.5) is 5.82 Å². The molecule has 11 heteroatoms. The van der Waals surface area contributed by atoms with Gasteiger partial charge in [-0.15, -0.1) is 0 Å². The minimum atomic E-state index is -0.624. The Kier molecular flexibility index (Phi) is 8.72. The number of nitriles is 2. The van der Waals surface area contributed by atoms with Crippen molar-refractivity contribution in [1.29, 1.82) is 10.5 Å². The molecule has 0 spiro atoms. The smallest absolute Gasteiger partial charge is 0.226 e. The van der Waals surface area contributed by atoms with E-state index in [1.54, 1.807) is 36.4 Å². The molecule has 1 atom stereocenters. The highest BCUT2D eigenvalue weighted by Gasteiger charge is 2.33. The van der Waals surface area contributed by atoms with Gasteiger partial charge >= 0.3 is 0 Å². The SMILES string of the molecule is CCc1oc(-c2ccc(Cl)cc2)nc1CSc1nc(N)c(C#N)c(-c2ccc(OC[C@@H]3COC(C)(C)O3)cc2)c1C#N. The van der Waals surface area contributed by atoms with Gasteiger partial charge in [0, 0.05) is 28.3 Å². The number of hydrogen-bond donors (Lipinski definition) is 1. The molecule has 42 heavy (non-hydrogen) atoms. The molecule has 1 fully saturated rings. The van der Waals surface area contributed by atoms with Crippen LogP contribution in [0.2, 0.25) is 5.02 Å². The van der Waals surface area contributed by atoms with Gasteiger partial charge in [-0.25, -0.2) is 9.97 Å². The lowest BCUT2D eigenvalue weighted by Crippen LogP contribution is -2.25. The van der Waals surface area contributed by atoms with Crippen LogP contribution in [0.5, 0.6) is 5.75 Å². The molecule has 1 aliphatic heterocycles. The summed E-state index contributed by atoms with van der Waals surface area (Å²) in [7, 11) is 0. The largest absolute Gasteiger partial charge is 0.491 e. The monoisotopic (exact) mass is 601 g/mol. The van der Waals surface area contributed by atoms with Gasteiger partial charge < -0.3 is 24.4 Å². The zero-order valence-electron chi connectivity index (χ0n) is 23.3. The molecule has 2 aromatic carbocycles. The number of aryl methyl sites for hydroxylation is 1. The molecule has 2 aromatic heterocycles. The predicted octanol–water partition coefficient (Wildman–Crippen LogP) is 6.77. The molecule has 1 aliphatic rings. The van der Waals surface area contributed by atoms with Crippen LogP contribution in [0.15, 0.2) is 58.0 Å². The molecule has 2 N–H and O–H groups in total. The number of rotatable bonds is 9. The van der Waals surface area contributed by atoms with Crippen LogP contribution in [0.3, 0.4) is 0 Å². The number of anilines is 1. The zero-order valence-corrected chi connectivity index (χ0v) is 24.9. The Bertz CT molecular complexity index is 1670. The van der Waals surface area contributed by atoms with Crippen molar-refractivity contribution in [2.75, 3.05) is 18.9 Å². The van der Waals surface area contributed by atoms with E-state index in [9.17, 15) is 10.5 Å². The Morgan fingerprint density at radius 1 is 1.05 bits per heavy atom. The molecule has 5 rings (SSSR count). The number of ether oxygens (including phenoxy) is 3. The maximum atomic E-state index is 10.2. The van der Waals surface area contributed by atoms with E-state index in [2.05, 4.69) is 17.1 Å². The first-order valence-corrected chi connectivity index (χ1v) is 14.6. The van der Waals surface area contributed by atoms with Crippen molar-refractivity contribution >= 4 is 29.2 Å². The average Bonchev–Trinajstić information content (AvgIpc) is 3.57. The summed E-state index contributed by atoms with van der Waals surface area (Å²) in [5, 5.41) is 21.1. The van der Waals surface area contributed by atoms with Crippen molar-refractivity contribution in [2.24, 2.45) is 0 Å². The van der Waals surface area contributed by atoms with Crippen molar-refractivity contribution in [2.45, 2.75) is 49.9 Å². The van der Waals surface area contributed by atoms with Crippen molar-refractivity contribution < 1.29 is 18.6 Å². The molecule has 0 saturated carbocycles. The van der Waals surface area contributed by atoms with E-state index in [1.165, 1.54) is 11.8 Å². The van der Waals surface area contributed by atoms with Crippen molar-refractivity contribution in [3.05, 3.63) is 76.1 Å². The fourth-order valence-electron chi connectivity index (χ4n) is 4.57. The van der Waals surface area contributed by atoms with E-state index >= 15 is 0 Å². The maximum Gasteiger partial charge on any atom is 0.226 e. The first-order chi connectivity index (χ1) is 20.2. The van der Waals surface area contributed by atoms with Gasteiger partial charge in [-0.2, -0.15) is 10.5 Å². The number of oxazole rings is 1. The fraction of sp³-hybridized carbons (Fsp3) is 0.290. The molecule has 0 amide bonds. The molecule has 9 nitrogen and oxygen atoms in total. The van der Waals surface area contributed by atoms with Crippen LogP contribution >= 0.6 is 23.4 Å². The van der Waals surface area contributed by atoms with Crippen LogP contribution in [0.1, 0.15) is 43.4 Å². The van der Waals surface area contributed by atoms with E-state index in [4.69, 9.17) is 40.9 Å². The molecule has 214 valence electrons. The number of benzene rings is 2. The molecule has 1 saturated heterocycles. The molecular formula is C31H28ClN5O4S. The first kappa shape index (κ1) is 29.4. The average molecular weight is 602 g/mol. The quantitative estimate of drug-likeness (QED) is 0.204. The Morgan fingerprint density at radius 3 is 2.36 bits per heavy atom. The van der Waals surface area contributed by atoms with Gasteiger partial charge in [0.2, 0.25) is 5.89 Å². The Morgan fingerprint density at radius 2 is 1.74 bits per heavy atom. The summed E-state index contributed by atoms with van der Waals surface area (Å²) in [5.74, 6) is 1.67. The third-order valence-electron chi connectivity index (χ3n) is 6.60. The summed E-state index contributed by atoms with van der Waals surface area (Å²) in [6, 6.07) is 18.8. The minimum absolute atomic E-state index is 0.0491. The van der Waals surface area contributed by atoms with E-state index in [1.807, 2.05) is 32.9 Å². The standard InChI is InChI=1S/C31H28ClN5O4S/c1-4-26-25(36-29(40-26)19-5-9-20(32)10-6-19)17-42-30-24(14-34)27(23(13-33)28(35)37-30)18-7-11-21(12-8-18)38-15-22-16-39-31(2,3)41-22/h5-12,22H,4,15-17H2,1-3H3,(H2,35,37)/t22-/m1/s1. The van der Waals surface area contributed by atoms with E-state index in [-0.39, 0.29) is 23.0 Å². The molecule has 0 unspecified atom stereocenters. The highest BCUT2D eigenvalue weighted by atomic mass is 35.5. The van der Waals surface area contributed by atoms with Crippen molar-refractivity contribution in [3.63, 3.8) is 0 Å². The first-order valence-electron chi connectivity index (χ1n) is 13.3. The minimum Gasteiger partial charge on any atom is -0.491 e. The Labute approximate surface area is 253 Å². The molecular weight excluding hydrogens is 574 g/mol. The van der Waals surface area contributed by atoms with E-state index < -0.39 is 5.79 Å². The number of thioether (sulfide) groups is 1. The third kappa shape index (κ3) is 6.38. The fourth-order valence-corrected chi connectivity index (χ4v) is 5.65. The molecule has 3 heterocycles. The van der Waals surface area contributed by atoms with Crippen LogP contribution in [-0.4, -0.2) is 35.1 Å². The van der Waals surface area contributed by atoms with Gasteiger partial charge in [-0.3, -0.25) is 0 Å². The Balaban J connectivity index is 1.39. The second-order valence-corrected chi connectivity index (χ2v) is 11.4. The van der Waals surface area contributed by atoms with Gasteiger partial charge in [-0.1, -0.05) is 42.4 Å². The van der Waals surface area contributed by atoms with Crippen LogP contribution < -0.4 is 10.5 Å². The van der Waals surface area contributed by atoms with Crippen molar-refractivity contribution in [3.8, 4) is 40.5 Å². The molecule has 0 aliphatic carbocycles. The number of aromatic nitrogens is 2. The van der Waals surface area contributed by atoms with Crippen molar-refractivity contribution in [1.82, 2.24) is 9.97 Å². The number of hydrogen-bond acceptors (Lipinski definition) is 10. The van der Waals surface area contributed by atoms with E-state index in [0.717, 1.165) is 17.0 Å². The highest BCUT2D eigenvalue weighted by molar-refractivity contribution is 7.98. The van der Waals surface area contributed by atoms with Crippen LogP contribution in [-0.2, 0) is 21.6 Å². The van der Waals surface area contributed by atoms with Gasteiger partial charge in [0.25, 0.3) is 0 Å². The number of nitrogens with two attached hydrogens (primary N) is 1. The van der Waals surface area contributed by atoms with Gasteiger partial charge in [-0.05, 0) is 55.8 Å². The summed E-state index contributed by atoms with van der Waals surface area (Å²) < 4.78 is 23.3. The van der Waals surface area contributed by atoms with Crippen LogP contribution in [0.25, 0.3) is 22.6 Å². The second kappa shape index (κ2) is 12.4. The van der Waals surface area contributed by atoms with Gasteiger partial charge in [0.1, 0.15) is 52.8 Å². The normalized spacial score (nSPS) is 15.7. The van der Waals surface area contributed by atoms with Gasteiger partial charge in [0.05, 0.1) is 17.9 Å². The molecule has 0 radical (unpaired) electrons. The Hall–Kier alpha value is -4.06. The number of nitrogens with zero attached hydrogens (tertiary/aromatic N) is 4. The number of halogens is 1. The zero-order chi connectivity index (χ0) is 29.9. The molecule has 4 aromatic rings. The lowest BCUT2D eigenvalue weighted by atomic mass is 9.97.